The molecule has 0 unspecified atom stereocenters. The lowest BCUT2D eigenvalue weighted by Gasteiger charge is -2.08. The maximum atomic E-state index is 12.1. The third-order valence-corrected chi connectivity index (χ3v) is 3.42. The van der Waals surface area contributed by atoms with Crippen molar-refractivity contribution in [3.8, 4) is 0 Å². The zero-order valence-corrected chi connectivity index (χ0v) is 11.8. The Morgan fingerprint density at radius 1 is 1.39 bits per heavy atom. The smallest absolute Gasteiger partial charge is 0.257 e. The first-order valence-corrected chi connectivity index (χ1v) is 6.30. The number of carbonyl (C=O) groups excluding carboxylic acids is 1. The number of nitrogens with zero attached hydrogens (tertiary/aromatic N) is 2. The molecule has 4 nitrogen and oxygen atoms in total. The fraction of sp³-hybridized carbons (Fsp3) is 0.0833. The quantitative estimate of drug-likeness (QED) is 0.860. The molecule has 0 radical (unpaired) electrons. The maximum absolute atomic E-state index is 12.1. The van der Waals surface area contributed by atoms with Gasteiger partial charge in [0.2, 0.25) is 5.28 Å². The Morgan fingerprint density at radius 2 is 2.17 bits per heavy atom. The van der Waals surface area contributed by atoms with Crippen molar-refractivity contribution in [2.75, 3.05) is 5.32 Å². The molecule has 1 aromatic carbocycles. The molecule has 2 rings (SSSR count). The van der Waals surface area contributed by atoms with Crippen molar-refractivity contribution < 1.29 is 4.79 Å². The van der Waals surface area contributed by atoms with Gasteiger partial charge in [-0.25, -0.2) is 9.97 Å². The van der Waals surface area contributed by atoms with Crippen molar-refractivity contribution in [2.45, 2.75) is 6.92 Å². The number of halogens is 2. The first-order valence-electron chi connectivity index (χ1n) is 5.13. The molecule has 92 valence electrons. The van der Waals surface area contributed by atoms with Crippen LogP contribution < -0.4 is 5.32 Å². The first-order chi connectivity index (χ1) is 8.58. The van der Waals surface area contributed by atoms with Gasteiger partial charge < -0.3 is 5.32 Å². The first kappa shape index (κ1) is 13.0. The Balaban J connectivity index is 2.25. The van der Waals surface area contributed by atoms with Crippen LogP contribution >= 0.6 is 27.5 Å². The van der Waals surface area contributed by atoms with E-state index in [9.17, 15) is 4.79 Å². The lowest BCUT2D eigenvalue weighted by atomic mass is 10.1. The molecule has 0 aliphatic heterocycles. The molecule has 0 atom stereocenters. The number of carbonyl (C=O) groups is 1. The van der Waals surface area contributed by atoms with Gasteiger partial charge in [-0.3, -0.25) is 4.79 Å². The number of aromatic nitrogens is 2. The number of nitrogens with one attached hydrogen (secondary N) is 1. The van der Waals surface area contributed by atoms with Gasteiger partial charge in [0.1, 0.15) is 5.82 Å². The van der Waals surface area contributed by atoms with Crippen molar-refractivity contribution in [3.05, 3.63) is 51.3 Å². The highest BCUT2D eigenvalue weighted by Crippen LogP contribution is 2.20. The number of anilines is 1. The second kappa shape index (κ2) is 5.46. The second-order valence-electron chi connectivity index (χ2n) is 3.58. The van der Waals surface area contributed by atoms with Crippen molar-refractivity contribution in [1.29, 1.82) is 0 Å². The molecule has 1 heterocycles. The molecule has 0 spiro atoms. The van der Waals surface area contributed by atoms with Crippen LogP contribution in [0, 0.1) is 6.92 Å². The third kappa shape index (κ3) is 2.86. The fourth-order valence-electron chi connectivity index (χ4n) is 1.44. The summed E-state index contributed by atoms with van der Waals surface area (Å²) in [6.45, 7) is 1.87. The predicted molar refractivity (Wildman–Crippen MR) is 73.9 cm³/mol. The Kier molecular flexibility index (Phi) is 3.93. The number of benzene rings is 1. The Hall–Kier alpha value is -1.46. The molecule has 0 saturated carbocycles. The van der Waals surface area contributed by atoms with Gasteiger partial charge in [0.25, 0.3) is 5.91 Å². The molecular weight excluding hydrogens is 318 g/mol. The molecule has 0 saturated heterocycles. The molecule has 1 aromatic heterocycles. The van der Waals surface area contributed by atoms with Crippen LogP contribution in [0.25, 0.3) is 0 Å². The minimum atomic E-state index is -0.233. The van der Waals surface area contributed by atoms with E-state index in [1.807, 2.05) is 13.0 Å². The summed E-state index contributed by atoms with van der Waals surface area (Å²) in [6.07, 6.45) is 1.48. The predicted octanol–water partition coefficient (Wildman–Crippen LogP) is 3.45. The highest BCUT2D eigenvalue weighted by atomic mass is 79.9. The second-order valence-corrected chi connectivity index (χ2v) is 4.77. The Morgan fingerprint density at radius 3 is 2.89 bits per heavy atom. The summed E-state index contributed by atoms with van der Waals surface area (Å²) in [5.74, 6) is 0.142. The van der Waals surface area contributed by atoms with Crippen LogP contribution in [0.2, 0.25) is 5.28 Å². The number of hydrogen-bond acceptors (Lipinski definition) is 3. The fourth-order valence-corrected chi connectivity index (χ4v) is 1.96. The lowest BCUT2D eigenvalue weighted by molar-refractivity contribution is 0.102. The summed E-state index contributed by atoms with van der Waals surface area (Å²) in [5, 5.41) is 2.77. The van der Waals surface area contributed by atoms with Crippen molar-refractivity contribution >= 4 is 39.3 Å². The molecule has 1 N–H and O–H groups in total. The van der Waals surface area contributed by atoms with E-state index in [0.29, 0.717) is 11.4 Å². The zero-order chi connectivity index (χ0) is 13.1. The number of amides is 1. The van der Waals surface area contributed by atoms with E-state index in [-0.39, 0.29) is 11.2 Å². The average molecular weight is 327 g/mol. The van der Waals surface area contributed by atoms with Crippen LogP contribution in [-0.4, -0.2) is 15.9 Å². The standard InChI is InChI=1S/C12H9BrClN3O/c1-7-8(3-2-4-9(7)13)11(18)16-10-5-6-15-12(14)17-10/h2-6H,1H3,(H,15,16,17,18). The highest BCUT2D eigenvalue weighted by molar-refractivity contribution is 9.10. The molecule has 1 amide bonds. The summed E-state index contributed by atoms with van der Waals surface area (Å²) in [4.78, 5) is 19.7. The van der Waals surface area contributed by atoms with Gasteiger partial charge in [0, 0.05) is 16.2 Å². The Labute approximate surface area is 118 Å². The zero-order valence-electron chi connectivity index (χ0n) is 9.45. The van der Waals surface area contributed by atoms with E-state index in [0.717, 1.165) is 10.0 Å². The van der Waals surface area contributed by atoms with E-state index < -0.39 is 0 Å². The molecule has 2 aromatic rings. The van der Waals surface area contributed by atoms with Crippen LogP contribution in [0.4, 0.5) is 5.82 Å². The topological polar surface area (TPSA) is 54.9 Å². The van der Waals surface area contributed by atoms with Gasteiger partial charge in [0.15, 0.2) is 0 Å². The van der Waals surface area contributed by atoms with E-state index in [1.54, 1.807) is 18.2 Å². The SMILES string of the molecule is Cc1c(Br)cccc1C(=O)Nc1ccnc(Cl)n1. The van der Waals surface area contributed by atoms with Gasteiger partial charge in [0.05, 0.1) is 0 Å². The summed E-state index contributed by atoms with van der Waals surface area (Å²) >= 11 is 9.03. The molecule has 0 fully saturated rings. The molecule has 18 heavy (non-hydrogen) atoms. The molecule has 0 aliphatic rings. The molecular formula is C12H9BrClN3O. The molecule has 0 aliphatic carbocycles. The third-order valence-electron chi connectivity index (χ3n) is 2.38. The molecule has 6 heteroatoms. The van der Waals surface area contributed by atoms with Crippen molar-refractivity contribution in [2.24, 2.45) is 0 Å². The van der Waals surface area contributed by atoms with E-state index in [2.05, 4.69) is 31.2 Å². The van der Waals surface area contributed by atoms with Gasteiger partial charge in [-0.15, -0.1) is 0 Å². The van der Waals surface area contributed by atoms with Gasteiger partial charge in [-0.05, 0) is 42.3 Å². The summed E-state index contributed by atoms with van der Waals surface area (Å²) in [5.41, 5.74) is 1.45. The normalized spacial score (nSPS) is 10.2. The van der Waals surface area contributed by atoms with E-state index in [4.69, 9.17) is 11.6 Å². The minimum Gasteiger partial charge on any atom is -0.306 e. The van der Waals surface area contributed by atoms with E-state index in [1.165, 1.54) is 6.20 Å². The van der Waals surface area contributed by atoms with Crippen molar-refractivity contribution in [1.82, 2.24) is 9.97 Å². The summed E-state index contributed by atoms with van der Waals surface area (Å²) in [6, 6.07) is 7.02. The van der Waals surface area contributed by atoms with Crippen LogP contribution in [0.5, 0.6) is 0 Å². The largest absolute Gasteiger partial charge is 0.306 e. The summed E-state index contributed by atoms with van der Waals surface area (Å²) in [7, 11) is 0. The van der Waals surface area contributed by atoms with Crippen molar-refractivity contribution in [3.63, 3.8) is 0 Å². The summed E-state index contributed by atoms with van der Waals surface area (Å²) < 4.78 is 0.885. The minimum absolute atomic E-state index is 0.0961. The van der Waals surface area contributed by atoms with E-state index >= 15 is 0 Å². The number of hydrogen-bond donors (Lipinski definition) is 1. The highest BCUT2D eigenvalue weighted by Gasteiger charge is 2.11. The van der Waals surface area contributed by atoms with Gasteiger partial charge in [-0.2, -0.15) is 0 Å². The van der Waals surface area contributed by atoms with Crippen LogP contribution in [0.15, 0.2) is 34.9 Å². The monoisotopic (exact) mass is 325 g/mol. The average Bonchev–Trinajstić information content (AvgIpc) is 2.32. The van der Waals surface area contributed by atoms with Crippen LogP contribution in [0.1, 0.15) is 15.9 Å². The van der Waals surface area contributed by atoms with Crippen LogP contribution in [0.3, 0.4) is 0 Å². The van der Waals surface area contributed by atoms with Crippen LogP contribution in [-0.2, 0) is 0 Å². The molecule has 0 bridgehead atoms. The lowest BCUT2D eigenvalue weighted by Crippen LogP contribution is -2.14. The maximum Gasteiger partial charge on any atom is 0.257 e. The Bertz CT molecular complexity index is 604. The van der Waals surface area contributed by atoms with Gasteiger partial charge >= 0.3 is 0 Å². The number of rotatable bonds is 2. The van der Waals surface area contributed by atoms with Gasteiger partial charge in [-0.1, -0.05) is 22.0 Å².